The van der Waals surface area contributed by atoms with Crippen LogP contribution in [0.15, 0.2) is 12.1 Å². The zero-order valence-electron chi connectivity index (χ0n) is 9.80. The van der Waals surface area contributed by atoms with Crippen molar-refractivity contribution in [2.24, 2.45) is 0 Å². The highest BCUT2D eigenvalue weighted by Gasteiger charge is 2.19. The minimum atomic E-state index is -1.000. The molecule has 0 unspecified atom stereocenters. The molecule has 2 N–H and O–H groups in total. The van der Waals surface area contributed by atoms with E-state index in [0.717, 1.165) is 5.39 Å². The highest BCUT2D eigenvalue weighted by Crippen LogP contribution is 2.28. The van der Waals surface area contributed by atoms with Crippen LogP contribution in [0.5, 0.6) is 0 Å². The SMILES string of the molecule is CCc1c(F)ccc2[nH]c(C(=O)O)c(CC)c12. The number of benzene rings is 1. The van der Waals surface area contributed by atoms with Gasteiger partial charge in [-0.25, -0.2) is 9.18 Å². The van der Waals surface area contributed by atoms with Crippen LogP contribution in [0.25, 0.3) is 10.9 Å². The number of halogens is 1. The molecule has 1 heterocycles. The predicted octanol–water partition coefficient (Wildman–Crippen LogP) is 3.13. The second-order valence-corrected chi connectivity index (χ2v) is 3.94. The molecule has 90 valence electrons. The quantitative estimate of drug-likeness (QED) is 0.858. The van der Waals surface area contributed by atoms with Gasteiger partial charge in [0.2, 0.25) is 0 Å². The van der Waals surface area contributed by atoms with Crippen LogP contribution in [0.4, 0.5) is 4.39 Å². The fourth-order valence-electron chi connectivity index (χ4n) is 2.29. The Bertz CT molecular complexity index is 587. The van der Waals surface area contributed by atoms with E-state index in [-0.39, 0.29) is 11.5 Å². The average Bonchev–Trinajstić information content (AvgIpc) is 2.67. The Hall–Kier alpha value is -1.84. The molecule has 0 saturated carbocycles. The van der Waals surface area contributed by atoms with Gasteiger partial charge in [0.25, 0.3) is 0 Å². The van der Waals surface area contributed by atoms with Gasteiger partial charge in [0.15, 0.2) is 0 Å². The van der Waals surface area contributed by atoms with Gasteiger partial charge in [-0.2, -0.15) is 0 Å². The highest BCUT2D eigenvalue weighted by molar-refractivity contribution is 5.98. The monoisotopic (exact) mass is 235 g/mol. The number of carboxylic acid groups (broad SMARTS) is 1. The van der Waals surface area contributed by atoms with Gasteiger partial charge in [-0.1, -0.05) is 13.8 Å². The molecule has 0 bridgehead atoms. The first-order valence-electron chi connectivity index (χ1n) is 5.65. The third kappa shape index (κ3) is 1.69. The number of aromatic amines is 1. The fourth-order valence-corrected chi connectivity index (χ4v) is 2.29. The largest absolute Gasteiger partial charge is 0.477 e. The summed E-state index contributed by atoms with van der Waals surface area (Å²) in [6.07, 6.45) is 1.12. The summed E-state index contributed by atoms with van der Waals surface area (Å²) in [5.41, 5.74) is 2.13. The molecule has 0 aliphatic carbocycles. The lowest BCUT2D eigenvalue weighted by atomic mass is 10.0. The summed E-state index contributed by atoms with van der Waals surface area (Å²) in [6, 6.07) is 2.97. The van der Waals surface area contributed by atoms with Gasteiger partial charge in [-0.3, -0.25) is 0 Å². The van der Waals surface area contributed by atoms with Crippen LogP contribution in [0, 0.1) is 5.82 Å². The highest BCUT2D eigenvalue weighted by atomic mass is 19.1. The lowest BCUT2D eigenvalue weighted by Crippen LogP contribution is -2.00. The number of rotatable bonds is 3. The molecule has 1 aromatic carbocycles. The predicted molar refractivity (Wildman–Crippen MR) is 64.0 cm³/mol. The number of aromatic carboxylic acids is 1. The lowest BCUT2D eigenvalue weighted by molar-refractivity contribution is 0.0690. The number of hydrogen-bond donors (Lipinski definition) is 2. The average molecular weight is 235 g/mol. The number of nitrogens with one attached hydrogen (secondary N) is 1. The molecule has 0 fully saturated rings. The Kier molecular flexibility index (Phi) is 2.88. The van der Waals surface area contributed by atoms with E-state index in [9.17, 15) is 9.18 Å². The van der Waals surface area contributed by atoms with Gasteiger partial charge in [-0.05, 0) is 36.1 Å². The van der Waals surface area contributed by atoms with Gasteiger partial charge < -0.3 is 10.1 Å². The summed E-state index contributed by atoms with van der Waals surface area (Å²) in [5, 5.41) is 9.83. The first-order valence-corrected chi connectivity index (χ1v) is 5.65. The molecular formula is C13H14FNO2. The van der Waals surface area contributed by atoms with Crippen LogP contribution in [-0.4, -0.2) is 16.1 Å². The van der Waals surface area contributed by atoms with Crippen molar-refractivity contribution in [2.75, 3.05) is 0 Å². The topological polar surface area (TPSA) is 53.1 Å². The zero-order chi connectivity index (χ0) is 12.6. The van der Waals surface area contributed by atoms with E-state index in [2.05, 4.69) is 4.98 Å². The molecule has 4 heteroatoms. The van der Waals surface area contributed by atoms with E-state index in [4.69, 9.17) is 5.11 Å². The van der Waals surface area contributed by atoms with Gasteiger partial charge in [0, 0.05) is 10.9 Å². The van der Waals surface area contributed by atoms with Crippen molar-refractivity contribution in [3.8, 4) is 0 Å². The van der Waals surface area contributed by atoms with E-state index in [1.165, 1.54) is 6.07 Å². The smallest absolute Gasteiger partial charge is 0.352 e. The van der Waals surface area contributed by atoms with Crippen molar-refractivity contribution in [1.82, 2.24) is 4.98 Å². The van der Waals surface area contributed by atoms with Gasteiger partial charge in [0.1, 0.15) is 11.5 Å². The molecule has 0 saturated heterocycles. The number of fused-ring (bicyclic) bond motifs is 1. The molecule has 0 spiro atoms. The maximum absolute atomic E-state index is 13.7. The Balaban J connectivity index is 2.88. The fraction of sp³-hybridized carbons (Fsp3) is 0.308. The van der Waals surface area contributed by atoms with E-state index in [1.807, 2.05) is 13.8 Å². The Labute approximate surface area is 98.3 Å². The Morgan fingerprint density at radius 2 is 1.94 bits per heavy atom. The molecule has 17 heavy (non-hydrogen) atoms. The van der Waals surface area contributed by atoms with Crippen LogP contribution in [0.2, 0.25) is 0 Å². The third-order valence-electron chi connectivity index (χ3n) is 3.04. The third-order valence-corrected chi connectivity index (χ3v) is 3.04. The lowest BCUT2D eigenvalue weighted by Gasteiger charge is -2.04. The molecule has 1 aromatic heterocycles. The normalized spacial score (nSPS) is 11.0. The van der Waals surface area contributed by atoms with Crippen LogP contribution in [0.3, 0.4) is 0 Å². The van der Waals surface area contributed by atoms with Crippen molar-refractivity contribution in [3.05, 3.63) is 34.8 Å². The molecule has 2 aromatic rings. The van der Waals surface area contributed by atoms with Crippen molar-refractivity contribution in [2.45, 2.75) is 26.7 Å². The van der Waals surface area contributed by atoms with Gasteiger partial charge in [0.05, 0.1) is 0 Å². The van der Waals surface area contributed by atoms with Crippen molar-refractivity contribution < 1.29 is 14.3 Å². The first kappa shape index (κ1) is 11.6. The first-order chi connectivity index (χ1) is 8.10. The number of carbonyl (C=O) groups is 1. The Morgan fingerprint density at radius 1 is 1.29 bits per heavy atom. The minimum absolute atomic E-state index is 0.169. The maximum Gasteiger partial charge on any atom is 0.352 e. The van der Waals surface area contributed by atoms with Gasteiger partial charge >= 0.3 is 5.97 Å². The summed E-state index contributed by atoms with van der Waals surface area (Å²) < 4.78 is 13.7. The number of carboxylic acids is 1. The molecule has 0 aliphatic heterocycles. The van der Waals surface area contributed by atoms with E-state index in [1.54, 1.807) is 6.07 Å². The number of aromatic nitrogens is 1. The van der Waals surface area contributed by atoms with Crippen LogP contribution in [-0.2, 0) is 12.8 Å². The second-order valence-electron chi connectivity index (χ2n) is 3.94. The molecule has 0 radical (unpaired) electrons. The summed E-state index contributed by atoms with van der Waals surface area (Å²) in [6.45, 7) is 3.74. The maximum atomic E-state index is 13.7. The molecule has 0 aliphatic rings. The second kappa shape index (κ2) is 4.20. The molecular weight excluding hydrogens is 221 g/mol. The molecule has 2 rings (SSSR count). The van der Waals surface area contributed by atoms with E-state index >= 15 is 0 Å². The van der Waals surface area contributed by atoms with Crippen molar-refractivity contribution in [3.63, 3.8) is 0 Å². The minimum Gasteiger partial charge on any atom is -0.477 e. The molecule has 3 nitrogen and oxygen atoms in total. The van der Waals surface area contributed by atoms with E-state index < -0.39 is 5.97 Å². The molecule has 0 amide bonds. The number of hydrogen-bond acceptors (Lipinski definition) is 1. The summed E-state index contributed by atoms with van der Waals surface area (Å²) >= 11 is 0. The van der Waals surface area contributed by atoms with Crippen LogP contribution in [0.1, 0.15) is 35.5 Å². The van der Waals surface area contributed by atoms with Crippen molar-refractivity contribution in [1.29, 1.82) is 0 Å². The van der Waals surface area contributed by atoms with Crippen LogP contribution >= 0.6 is 0 Å². The molecule has 0 atom stereocenters. The van der Waals surface area contributed by atoms with Crippen molar-refractivity contribution >= 4 is 16.9 Å². The summed E-state index contributed by atoms with van der Waals surface area (Å²) in [5.74, 6) is -1.27. The van der Waals surface area contributed by atoms with Crippen LogP contribution < -0.4 is 0 Å². The standard InChI is InChI=1S/C13H14FNO2/c1-3-7-9(14)5-6-10-11(7)8(4-2)12(15-10)13(16)17/h5-6,15H,3-4H2,1-2H3,(H,16,17). The summed E-state index contributed by atoms with van der Waals surface area (Å²) in [4.78, 5) is 14.0. The Morgan fingerprint density at radius 3 is 2.47 bits per heavy atom. The van der Waals surface area contributed by atoms with E-state index in [0.29, 0.717) is 29.5 Å². The summed E-state index contributed by atoms with van der Waals surface area (Å²) in [7, 11) is 0. The number of aryl methyl sites for hydroxylation is 2. The van der Waals surface area contributed by atoms with Gasteiger partial charge in [-0.15, -0.1) is 0 Å². The number of H-pyrrole nitrogens is 1. The zero-order valence-corrected chi connectivity index (χ0v) is 9.80.